The Balaban J connectivity index is 5.20. The third-order valence-electron chi connectivity index (χ3n) is 18.6. The standard InChI is InChI=1S/C78H152O17P2/c1-6-10-13-16-19-22-24-25-26-27-28-29-30-35-39-44-49-54-59-64-78(83)95-74(68-89-76(81)62-57-52-47-42-38-34-32-31-33-37-41-45-50-55-60-71(5)9-4)70-93-97(86,87)91-66-72(79)65-90-96(84,85)92-69-73(67-88-75(80)61-56-51-46-40-21-18-15-12-8-3)94-77(82)63-58-53-48-43-36-23-20-17-14-11-7-2/h71-74,79H,6-70H2,1-5H3,(H,84,85)(H,86,87)/t71?,72-,73+,74+/m0/s1. The van der Waals surface area contributed by atoms with Gasteiger partial charge in [-0.1, -0.05) is 362 Å². The number of aliphatic hydroxyl groups excluding tert-OH is 1. The zero-order valence-electron chi connectivity index (χ0n) is 63.2. The van der Waals surface area contributed by atoms with Gasteiger partial charge in [0, 0.05) is 25.7 Å². The van der Waals surface area contributed by atoms with Crippen molar-refractivity contribution >= 4 is 39.5 Å². The summed E-state index contributed by atoms with van der Waals surface area (Å²) in [4.78, 5) is 72.8. The summed E-state index contributed by atoms with van der Waals surface area (Å²) in [7, 11) is -9.91. The molecule has 0 fully saturated rings. The highest BCUT2D eigenvalue weighted by Crippen LogP contribution is 2.45. The van der Waals surface area contributed by atoms with E-state index in [1.165, 1.54) is 238 Å². The Bertz CT molecular complexity index is 1860. The molecule has 0 spiro atoms. The predicted octanol–water partition coefficient (Wildman–Crippen LogP) is 23.3. The van der Waals surface area contributed by atoms with Gasteiger partial charge < -0.3 is 33.8 Å². The van der Waals surface area contributed by atoms with Crippen molar-refractivity contribution in [2.75, 3.05) is 39.6 Å². The molecular weight excluding hydrogens is 1270 g/mol. The monoisotopic (exact) mass is 1420 g/mol. The Labute approximate surface area is 594 Å². The summed E-state index contributed by atoms with van der Waals surface area (Å²) in [6.45, 7) is 7.34. The summed E-state index contributed by atoms with van der Waals surface area (Å²) in [6, 6.07) is 0. The van der Waals surface area contributed by atoms with Gasteiger partial charge in [-0.15, -0.1) is 0 Å². The maximum Gasteiger partial charge on any atom is 0.472 e. The number of esters is 4. The van der Waals surface area contributed by atoms with Crippen LogP contribution in [0.1, 0.15) is 413 Å². The van der Waals surface area contributed by atoms with Crippen LogP contribution in [0.5, 0.6) is 0 Å². The van der Waals surface area contributed by atoms with E-state index in [9.17, 15) is 43.2 Å². The van der Waals surface area contributed by atoms with Crippen LogP contribution >= 0.6 is 15.6 Å². The molecule has 0 radical (unpaired) electrons. The van der Waals surface area contributed by atoms with E-state index in [1.54, 1.807) is 0 Å². The zero-order valence-corrected chi connectivity index (χ0v) is 65.0. The fourth-order valence-electron chi connectivity index (χ4n) is 12.0. The molecule has 0 bridgehead atoms. The number of aliphatic hydroxyl groups is 1. The van der Waals surface area contributed by atoms with Crippen molar-refractivity contribution in [3.63, 3.8) is 0 Å². The fourth-order valence-corrected chi connectivity index (χ4v) is 13.6. The molecule has 0 aromatic heterocycles. The quantitative estimate of drug-likeness (QED) is 0.0222. The Morgan fingerprint density at radius 2 is 0.495 bits per heavy atom. The molecule has 0 saturated carbocycles. The van der Waals surface area contributed by atoms with E-state index in [2.05, 4.69) is 34.6 Å². The molecule has 0 aromatic carbocycles. The average molecular weight is 1420 g/mol. The lowest BCUT2D eigenvalue weighted by Crippen LogP contribution is -2.30. The number of unbranched alkanes of at least 4 members (excludes halogenated alkanes) is 49. The largest absolute Gasteiger partial charge is 0.472 e. The van der Waals surface area contributed by atoms with E-state index < -0.39 is 97.5 Å². The van der Waals surface area contributed by atoms with Gasteiger partial charge in [0.05, 0.1) is 26.4 Å². The third kappa shape index (κ3) is 70.9. The molecule has 0 aliphatic carbocycles. The second-order valence-electron chi connectivity index (χ2n) is 28.3. The van der Waals surface area contributed by atoms with Crippen LogP contribution < -0.4 is 0 Å². The summed E-state index contributed by atoms with van der Waals surface area (Å²) in [5.74, 6) is -1.26. The Hall–Kier alpha value is -1.94. The van der Waals surface area contributed by atoms with E-state index in [0.717, 1.165) is 95.8 Å². The van der Waals surface area contributed by atoms with Crippen LogP contribution in [0.3, 0.4) is 0 Å². The molecule has 0 aliphatic rings. The molecule has 576 valence electrons. The van der Waals surface area contributed by atoms with Crippen molar-refractivity contribution < 1.29 is 80.2 Å². The summed E-state index contributed by atoms with van der Waals surface area (Å²) in [5.41, 5.74) is 0. The first kappa shape index (κ1) is 95.1. The zero-order chi connectivity index (χ0) is 71.2. The number of hydrogen-bond acceptors (Lipinski definition) is 15. The summed E-state index contributed by atoms with van der Waals surface area (Å²) < 4.78 is 68.5. The Morgan fingerprint density at radius 3 is 0.732 bits per heavy atom. The van der Waals surface area contributed by atoms with Gasteiger partial charge in [-0.25, -0.2) is 9.13 Å². The first-order chi connectivity index (χ1) is 47.1. The van der Waals surface area contributed by atoms with Crippen molar-refractivity contribution in [3.05, 3.63) is 0 Å². The van der Waals surface area contributed by atoms with Crippen molar-refractivity contribution in [2.24, 2.45) is 5.92 Å². The van der Waals surface area contributed by atoms with Crippen LogP contribution in [0, 0.1) is 5.92 Å². The van der Waals surface area contributed by atoms with Crippen molar-refractivity contribution in [1.29, 1.82) is 0 Å². The number of ether oxygens (including phenoxy) is 4. The molecule has 19 heteroatoms. The van der Waals surface area contributed by atoms with Crippen LogP contribution in [-0.4, -0.2) is 96.7 Å². The molecular formula is C78H152O17P2. The molecule has 17 nitrogen and oxygen atoms in total. The van der Waals surface area contributed by atoms with Gasteiger partial charge in [0.2, 0.25) is 0 Å². The summed E-state index contributed by atoms with van der Waals surface area (Å²) >= 11 is 0. The van der Waals surface area contributed by atoms with Crippen molar-refractivity contribution in [1.82, 2.24) is 0 Å². The molecule has 0 rings (SSSR count). The predicted molar refractivity (Wildman–Crippen MR) is 395 cm³/mol. The van der Waals surface area contributed by atoms with Crippen LogP contribution in [0.25, 0.3) is 0 Å². The van der Waals surface area contributed by atoms with Gasteiger partial charge >= 0.3 is 39.5 Å². The normalized spacial score (nSPS) is 14.2. The smallest absolute Gasteiger partial charge is 0.462 e. The highest BCUT2D eigenvalue weighted by atomic mass is 31.2. The summed E-state index contributed by atoms with van der Waals surface area (Å²) in [6.07, 6.45) is 61.0. The van der Waals surface area contributed by atoms with Gasteiger partial charge in [0.15, 0.2) is 12.2 Å². The van der Waals surface area contributed by atoms with Crippen molar-refractivity contribution in [2.45, 2.75) is 432 Å². The molecule has 0 heterocycles. The van der Waals surface area contributed by atoms with Gasteiger partial charge in [0.25, 0.3) is 0 Å². The fraction of sp³-hybridized carbons (Fsp3) is 0.949. The second kappa shape index (κ2) is 71.1. The number of hydrogen-bond donors (Lipinski definition) is 3. The maximum absolute atomic E-state index is 13.1. The molecule has 97 heavy (non-hydrogen) atoms. The Kier molecular flexibility index (Phi) is 69.6. The maximum atomic E-state index is 13.1. The topological polar surface area (TPSA) is 237 Å². The van der Waals surface area contributed by atoms with E-state index in [0.29, 0.717) is 25.7 Å². The average Bonchev–Trinajstić information content (AvgIpc) is 1.39. The molecule has 3 N–H and O–H groups in total. The molecule has 0 aliphatic heterocycles. The molecule has 0 saturated heterocycles. The van der Waals surface area contributed by atoms with Gasteiger partial charge in [0.1, 0.15) is 19.3 Å². The lowest BCUT2D eigenvalue weighted by molar-refractivity contribution is -0.161. The van der Waals surface area contributed by atoms with E-state index in [-0.39, 0.29) is 25.7 Å². The van der Waals surface area contributed by atoms with E-state index in [4.69, 9.17) is 37.0 Å². The van der Waals surface area contributed by atoms with E-state index >= 15 is 0 Å². The van der Waals surface area contributed by atoms with E-state index in [1.807, 2.05) is 0 Å². The first-order valence-corrected chi connectivity index (χ1v) is 43.7. The number of carbonyl (C=O) groups is 4. The van der Waals surface area contributed by atoms with Crippen LogP contribution in [-0.2, 0) is 65.4 Å². The van der Waals surface area contributed by atoms with Gasteiger partial charge in [-0.05, 0) is 31.6 Å². The van der Waals surface area contributed by atoms with Gasteiger partial charge in [-0.3, -0.25) is 37.3 Å². The SMILES string of the molecule is CCCCCCCCCCCCCCCCCCCCCC(=O)O[C@H](COC(=O)CCCCCCCCCCCCCCCCC(C)CC)COP(=O)(O)OC[C@@H](O)COP(=O)(O)OC[C@@H](COC(=O)CCCCCCCCCCC)OC(=O)CCCCCCCCCCCCC. The highest BCUT2D eigenvalue weighted by molar-refractivity contribution is 7.47. The van der Waals surface area contributed by atoms with Crippen LogP contribution in [0.4, 0.5) is 0 Å². The molecule has 3 unspecified atom stereocenters. The number of carbonyl (C=O) groups excluding carboxylic acids is 4. The van der Waals surface area contributed by atoms with Gasteiger partial charge in [-0.2, -0.15) is 0 Å². The second-order valence-corrected chi connectivity index (χ2v) is 31.3. The molecule has 6 atom stereocenters. The molecule has 0 aromatic rings. The van der Waals surface area contributed by atoms with Crippen LogP contribution in [0.15, 0.2) is 0 Å². The van der Waals surface area contributed by atoms with Crippen LogP contribution in [0.2, 0.25) is 0 Å². The molecule has 0 amide bonds. The third-order valence-corrected chi connectivity index (χ3v) is 20.5. The number of rotatable bonds is 78. The Morgan fingerprint density at radius 1 is 0.289 bits per heavy atom. The number of phosphoric ester groups is 2. The minimum atomic E-state index is -4.96. The highest BCUT2D eigenvalue weighted by Gasteiger charge is 2.30. The number of phosphoric acid groups is 2. The first-order valence-electron chi connectivity index (χ1n) is 40.7. The lowest BCUT2D eigenvalue weighted by atomic mass is 9.99. The summed E-state index contributed by atoms with van der Waals surface area (Å²) in [5, 5.41) is 10.6. The van der Waals surface area contributed by atoms with Crippen molar-refractivity contribution in [3.8, 4) is 0 Å². The minimum absolute atomic E-state index is 0.107. The minimum Gasteiger partial charge on any atom is -0.462 e. The lowest BCUT2D eigenvalue weighted by Gasteiger charge is -2.21.